The average molecular weight is 461 g/mol. The van der Waals surface area contributed by atoms with Crippen LogP contribution in [-0.4, -0.2) is 52.8 Å². The summed E-state index contributed by atoms with van der Waals surface area (Å²) in [6.45, 7) is 0.483. The number of hydrogen-bond donors (Lipinski definition) is 2. The quantitative estimate of drug-likeness (QED) is 0.607. The molecule has 3 aromatic rings. The smallest absolute Gasteiger partial charge is 0.253 e. The van der Waals surface area contributed by atoms with Crippen molar-refractivity contribution in [3.63, 3.8) is 0 Å². The minimum absolute atomic E-state index is 0.119. The second-order valence-electron chi connectivity index (χ2n) is 8.46. The van der Waals surface area contributed by atoms with Gasteiger partial charge in [0.15, 0.2) is 5.65 Å². The van der Waals surface area contributed by atoms with Crippen LogP contribution in [0.3, 0.4) is 0 Å². The zero-order valence-electron chi connectivity index (χ0n) is 17.0. The van der Waals surface area contributed by atoms with Gasteiger partial charge in [0.05, 0.1) is 16.7 Å². The molecule has 11 heteroatoms. The molecule has 0 spiro atoms. The summed E-state index contributed by atoms with van der Waals surface area (Å²) in [5.74, 6) is -3.56. The second-order valence-corrected chi connectivity index (χ2v) is 10.4. The van der Waals surface area contributed by atoms with E-state index in [9.17, 15) is 22.0 Å². The summed E-state index contributed by atoms with van der Waals surface area (Å²) < 4.78 is 54.3. The van der Waals surface area contributed by atoms with Gasteiger partial charge in [-0.2, -0.15) is 9.40 Å². The molecule has 32 heavy (non-hydrogen) atoms. The normalized spacial score (nSPS) is 22.8. The Bertz CT molecular complexity index is 1260. The zero-order chi connectivity index (χ0) is 22.5. The molecular weight excluding hydrogens is 440 g/mol. The third-order valence-corrected chi connectivity index (χ3v) is 8.08. The highest BCUT2D eigenvalue weighted by Gasteiger charge is 2.52. The SMILES string of the molecule is O=C(NCc1ccc(S(=O)(=O)N2CC3CC(F)(F)CC3C2)cc1)c1cnc2[nH]ncc2c1. The molecule has 0 radical (unpaired) electrons. The second kappa shape index (κ2) is 7.59. The number of nitrogens with one attached hydrogen (secondary N) is 2. The number of hydrogen-bond acceptors (Lipinski definition) is 5. The third kappa shape index (κ3) is 3.86. The van der Waals surface area contributed by atoms with Crippen LogP contribution < -0.4 is 5.32 Å². The fourth-order valence-corrected chi connectivity index (χ4v) is 6.13. The van der Waals surface area contributed by atoms with E-state index in [0.29, 0.717) is 11.2 Å². The number of carbonyl (C=O) groups excluding carboxylic acids is 1. The Balaban J connectivity index is 1.22. The highest BCUT2D eigenvalue weighted by atomic mass is 32.2. The number of amides is 1. The predicted molar refractivity (Wildman–Crippen MR) is 111 cm³/mol. The maximum atomic E-state index is 13.5. The van der Waals surface area contributed by atoms with Crippen molar-refractivity contribution in [2.24, 2.45) is 11.8 Å². The number of alkyl halides is 2. The Morgan fingerprint density at radius 1 is 1.16 bits per heavy atom. The van der Waals surface area contributed by atoms with Gasteiger partial charge in [-0.1, -0.05) is 12.1 Å². The number of aromatic amines is 1. The summed E-state index contributed by atoms with van der Waals surface area (Å²) in [7, 11) is -3.74. The van der Waals surface area contributed by atoms with Crippen molar-refractivity contribution in [2.45, 2.75) is 30.2 Å². The lowest BCUT2D eigenvalue weighted by Crippen LogP contribution is -2.31. The third-order valence-electron chi connectivity index (χ3n) is 6.23. The first-order valence-corrected chi connectivity index (χ1v) is 11.7. The van der Waals surface area contributed by atoms with Crippen molar-refractivity contribution in [1.82, 2.24) is 24.8 Å². The lowest BCUT2D eigenvalue weighted by molar-refractivity contribution is -0.000624. The molecule has 0 bridgehead atoms. The number of fused-ring (bicyclic) bond motifs is 2. The Hall–Kier alpha value is -2.92. The molecule has 3 heterocycles. The highest BCUT2D eigenvalue weighted by Crippen LogP contribution is 2.47. The van der Waals surface area contributed by atoms with Crippen molar-refractivity contribution in [3.8, 4) is 0 Å². The Morgan fingerprint density at radius 2 is 1.84 bits per heavy atom. The first-order valence-electron chi connectivity index (χ1n) is 10.3. The van der Waals surface area contributed by atoms with Crippen molar-refractivity contribution in [2.75, 3.05) is 13.1 Å². The first kappa shape index (κ1) is 21.0. The molecule has 1 aromatic carbocycles. The van der Waals surface area contributed by atoms with Crippen LogP contribution in [0.25, 0.3) is 11.0 Å². The molecule has 2 atom stereocenters. The van der Waals surface area contributed by atoms with Crippen LogP contribution in [0.4, 0.5) is 8.78 Å². The van der Waals surface area contributed by atoms with E-state index >= 15 is 0 Å². The van der Waals surface area contributed by atoms with Gasteiger partial charge in [-0.15, -0.1) is 0 Å². The van der Waals surface area contributed by atoms with Gasteiger partial charge >= 0.3 is 0 Å². The van der Waals surface area contributed by atoms with E-state index in [-0.39, 0.29) is 55.1 Å². The molecule has 2 aliphatic rings. The molecule has 2 unspecified atom stereocenters. The fourth-order valence-electron chi connectivity index (χ4n) is 4.58. The van der Waals surface area contributed by atoms with Crippen LogP contribution in [-0.2, 0) is 16.6 Å². The molecule has 1 saturated carbocycles. The molecule has 2 fully saturated rings. The van der Waals surface area contributed by atoms with Crippen LogP contribution >= 0.6 is 0 Å². The largest absolute Gasteiger partial charge is 0.348 e. The topological polar surface area (TPSA) is 108 Å². The maximum absolute atomic E-state index is 13.5. The summed E-state index contributed by atoms with van der Waals surface area (Å²) in [4.78, 5) is 16.6. The number of rotatable bonds is 5. The summed E-state index contributed by atoms with van der Waals surface area (Å²) >= 11 is 0. The number of carbonyl (C=O) groups is 1. The van der Waals surface area contributed by atoms with Gasteiger partial charge in [-0.3, -0.25) is 9.89 Å². The lowest BCUT2D eigenvalue weighted by Gasteiger charge is -2.19. The number of benzene rings is 1. The van der Waals surface area contributed by atoms with E-state index in [1.165, 1.54) is 22.6 Å². The van der Waals surface area contributed by atoms with Crippen LogP contribution in [0.2, 0.25) is 0 Å². The lowest BCUT2D eigenvalue weighted by atomic mass is 10.0. The molecule has 2 N–H and O–H groups in total. The van der Waals surface area contributed by atoms with Crippen LogP contribution in [0, 0.1) is 11.8 Å². The minimum atomic E-state index is -3.74. The van der Waals surface area contributed by atoms with Gasteiger partial charge < -0.3 is 5.32 Å². The first-order chi connectivity index (χ1) is 15.2. The maximum Gasteiger partial charge on any atom is 0.253 e. The molecule has 1 saturated heterocycles. The van der Waals surface area contributed by atoms with Gasteiger partial charge in [-0.05, 0) is 35.6 Å². The van der Waals surface area contributed by atoms with Crippen molar-refractivity contribution in [3.05, 3.63) is 53.9 Å². The molecule has 8 nitrogen and oxygen atoms in total. The summed E-state index contributed by atoms with van der Waals surface area (Å²) in [5.41, 5.74) is 1.71. The number of pyridine rings is 1. The van der Waals surface area contributed by atoms with Gasteiger partial charge in [-0.25, -0.2) is 22.2 Å². The monoisotopic (exact) mass is 461 g/mol. The molecule has 5 rings (SSSR count). The molecule has 2 aromatic heterocycles. The zero-order valence-corrected chi connectivity index (χ0v) is 17.8. The Morgan fingerprint density at radius 3 is 2.53 bits per heavy atom. The van der Waals surface area contributed by atoms with E-state index in [1.54, 1.807) is 24.4 Å². The molecule has 1 aliphatic carbocycles. The van der Waals surface area contributed by atoms with Gasteiger partial charge in [0.1, 0.15) is 0 Å². The van der Waals surface area contributed by atoms with E-state index in [2.05, 4.69) is 20.5 Å². The standard InChI is InChI=1S/C21H21F2N5O3S/c22-21(23)6-16-11-28(12-17(16)7-21)32(30,31)18-3-1-13(2-4-18)8-25-20(29)15-5-14-10-26-27-19(14)24-9-15/h1-5,9-10,16-17H,6-8,11-12H2,(H,25,29)(H,24,26,27). The van der Waals surface area contributed by atoms with Gasteiger partial charge in [0.2, 0.25) is 15.9 Å². The van der Waals surface area contributed by atoms with Gasteiger partial charge in [0.25, 0.3) is 5.91 Å². The Labute approximate surface area is 183 Å². The van der Waals surface area contributed by atoms with E-state index in [0.717, 1.165) is 10.9 Å². The number of halogens is 2. The highest BCUT2D eigenvalue weighted by molar-refractivity contribution is 7.89. The number of sulfonamides is 1. The fraction of sp³-hybridized carbons (Fsp3) is 0.381. The van der Waals surface area contributed by atoms with E-state index in [4.69, 9.17) is 0 Å². The predicted octanol–water partition coefficient (Wildman–Crippen LogP) is 2.55. The number of aromatic nitrogens is 3. The van der Waals surface area contributed by atoms with Crippen molar-refractivity contribution in [1.29, 1.82) is 0 Å². The summed E-state index contributed by atoms with van der Waals surface area (Å²) in [5, 5.41) is 10.1. The van der Waals surface area contributed by atoms with Crippen molar-refractivity contribution < 1.29 is 22.0 Å². The van der Waals surface area contributed by atoms with Gasteiger partial charge in [0, 0.05) is 44.1 Å². The molecular formula is C21H21F2N5O3S. The molecule has 1 aliphatic heterocycles. The van der Waals surface area contributed by atoms with E-state index in [1.807, 2.05) is 0 Å². The van der Waals surface area contributed by atoms with E-state index < -0.39 is 15.9 Å². The number of nitrogens with zero attached hydrogens (tertiary/aromatic N) is 3. The Kier molecular flexibility index (Phi) is 4.97. The molecule has 168 valence electrons. The molecule has 1 amide bonds. The van der Waals surface area contributed by atoms with Crippen LogP contribution in [0.1, 0.15) is 28.8 Å². The van der Waals surface area contributed by atoms with Crippen LogP contribution in [0.15, 0.2) is 47.6 Å². The van der Waals surface area contributed by atoms with Crippen LogP contribution in [0.5, 0.6) is 0 Å². The van der Waals surface area contributed by atoms with Crippen molar-refractivity contribution >= 4 is 27.0 Å². The number of H-pyrrole nitrogens is 1. The minimum Gasteiger partial charge on any atom is -0.348 e. The summed E-state index contributed by atoms with van der Waals surface area (Å²) in [6.07, 6.45) is 2.54. The average Bonchev–Trinajstić information content (AvgIpc) is 3.44. The summed E-state index contributed by atoms with van der Waals surface area (Å²) in [6, 6.07) is 7.92.